The molecule has 0 N–H and O–H groups in total. The van der Waals surface area contributed by atoms with Crippen LogP contribution in [0.4, 0.5) is 0 Å². The SMILES string of the molecule is CC(C)(C)c1ccnc(-n2c3ccccc3c3ccc(Oc4ccc5c(c4)c4nc6ccccc6n4c4c5ccc5sc6ccccc6c54)cc32)c1. The Bertz CT molecular complexity index is 3270. The summed E-state index contributed by atoms with van der Waals surface area (Å²) in [6, 6.07) is 47.4. The van der Waals surface area contributed by atoms with Gasteiger partial charge in [0.15, 0.2) is 0 Å². The first-order valence-corrected chi connectivity index (χ1v) is 18.5. The van der Waals surface area contributed by atoms with Gasteiger partial charge in [0.1, 0.15) is 23.0 Å². The fraction of sp³-hybridized carbons (Fsp3) is 0.0870. The third kappa shape index (κ3) is 4.22. The topological polar surface area (TPSA) is 44.3 Å². The van der Waals surface area contributed by atoms with Gasteiger partial charge in [-0.15, -0.1) is 11.3 Å². The number of aromatic nitrogens is 4. The molecule has 0 aliphatic rings. The summed E-state index contributed by atoms with van der Waals surface area (Å²) >= 11 is 1.85. The van der Waals surface area contributed by atoms with E-state index in [2.05, 4.69) is 163 Å². The normalized spacial score (nSPS) is 12.5. The Morgan fingerprint density at radius 1 is 0.577 bits per heavy atom. The average Bonchev–Trinajstić information content (AvgIpc) is 3.84. The van der Waals surface area contributed by atoms with Gasteiger partial charge >= 0.3 is 0 Å². The van der Waals surface area contributed by atoms with E-state index in [1.807, 2.05) is 17.5 Å². The Morgan fingerprint density at radius 3 is 2.15 bits per heavy atom. The number of nitrogens with zero attached hydrogens (tertiary/aromatic N) is 4. The Balaban J connectivity index is 1.12. The number of fused-ring (bicyclic) bond motifs is 15. The van der Waals surface area contributed by atoms with Crippen LogP contribution in [0.15, 0.2) is 140 Å². The van der Waals surface area contributed by atoms with Gasteiger partial charge in [0, 0.05) is 54.0 Å². The summed E-state index contributed by atoms with van der Waals surface area (Å²) in [7, 11) is 0. The van der Waals surface area contributed by atoms with Gasteiger partial charge < -0.3 is 4.74 Å². The summed E-state index contributed by atoms with van der Waals surface area (Å²) in [5, 5.41) is 8.31. The molecule has 5 nitrogen and oxygen atoms in total. The minimum Gasteiger partial charge on any atom is -0.457 e. The van der Waals surface area contributed by atoms with Crippen molar-refractivity contribution in [3.63, 3.8) is 0 Å². The van der Waals surface area contributed by atoms with Crippen molar-refractivity contribution < 1.29 is 4.74 Å². The molecular formula is C46H32N4OS. The van der Waals surface area contributed by atoms with E-state index in [4.69, 9.17) is 14.7 Å². The van der Waals surface area contributed by atoms with Crippen LogP contribution in [0.25, 0.3) is 86.2 Å². The van der Waals surface area contributed by atoms with Gasteiger partial charge in [-0.1, -0.05) is 75.4 Å². The maximum absolute atomic E-state index is 6.74. The first-order valence-electron chi connectivity index (χ1n) is 17.7. The maximum Gasteiger partial charge on any atom is 0.146 e. The van der Waals surface area contributed by atoms with E-state index >= 15 is 0 Å². The standard InChI is InChI=1S/C46H32N4OS/c1-46(2,3)27-22-23-47-42(24-27)49-37-13-7-4-10-31(37)32-19-17-29(26-39(32)49)51-28-16-18-30-33-20-21-41-43(34-11-5-9-15-40(34)52-41)44(33)50-38-14-8-6-12-36(38)48-45(50)35(30)25-28/h4-26H,1-3H3. The summed E-state index contributed by atoms with van der Waals surface area (Å²) < 4.78 is 13.9. The summed E-state index contributed by atoms with van der Waals surface area (Å²) in [5.41, 5.74) is 7.61. The number of para-hydroxylation sites is 3. The van der Waals surface area contributed by atoms with Crippen molar-refractivity contribution in [2.24, 2.45) is 0 Å². The zero-order valence-electron chi connectivity index (χ0n) is 28.9. The van der Waals surface area contributed by atoms with E-state index in [9.17, 15) is 0 Å². The van der Waals surface area contributed by atoms with Crippen molar-refractivity contribution in [3.8, 4) is 17.3 Å². The zero-order chi connectivity index (χ0) is 34.7. The second kappa shape index (κ2) is 10.6. The van der Waals surface area contributed by atoms with Gasteiger partial charge in [-0.2, -0.15) is 0 Å². The lowest BCUT2D eigenvalue weighted by molar-refractivity contribution is 0.484. The fourth-order valence-corrected chi connectivity index (χ4v) is 9.20. The Morgan fingerprint density at radius 2 is 1.29 bits per heavy atom. The summed E-state index contributed by atoms with van der Waals surface area (Å²) in [6.45, 7) is 6.71. The first-order chi connectivity index (χ1) is 25.4. The lowest BCUT2D eigenvalue weighted by Gasteiger charge is -2.20. The molecule has 6 heteroatoms. The highest BCUT2D eigenvalue weighted by atomic mass is 32.1. The number of imidazole rings is 1. The molecule has 0 spiro atoms. The van der Waals surface area contributed by atoms with Crippen LogP contribution in [-0.2, 0) is 5.41 Å². The van der Waals surface area contributed by atoms with Gasteiger partial charge in [0.25, 0.3) is 0 Å². The van der Waals surface area contributed by atoms with Crippen molar-refractivity contribution in [2.75, 3.05) is 0 Å². The maximum atomic E-state index is 6.74. The van der Waals surface area contributed by atoms with Crippen LogP contribution in [-0.4, -0.2) is 18.9 Å². The van der Waals surface area contributed by atoms with Crippen molar-refractivity contribution in [2.45, 2.75) is 26.2 Å². The predicted octanol–water partition coefficient (Wildman–Crippen LogP) is 12.7. The summed E-state index contributed by atoms with van der Waals surface area (Å²) in [4.78, 5) is 10.1. The number of hydrogen-bond acceptors (Lipinski definition) is 4. The lowest BCUT2D eigenvalue weighted by atomic mass is 9.88. The van der Waals surface area contributed by atoms with Crippen LogP contribution in [0.1, 0.15) is 26.3 Å². The minimum atomic E-state index is 0.00173. The zero-order valence-corrected chi connectivity index (χ0v) is 29.7. The number of ether oxygens (including phenoxy) is 1. The Kier molecular flexibility index (Phi) is 6.03. The third-order valence-corrected chi connectivity index (χ3v) is 11.7. The largest absolute Gasteiger partial charge is 0.457 e. The minimum absolute atomic E-state index is 0.00173. The van der Waals surface area contributed by atoms with Crippen molar-refractivity contribution in [1.82, 2.24) is 18.9 Å². The highest BCUT2D eigenvalue weighted by molar-refractivity contribution is 7.26. The molecule has 11 rings (SSSR count). The van der Waals surface area contributed by atoms with Gasteiger partial charge in [-0.05, 0) is 89.2 Å². The molecule has 0 amide bonds. The van der Waals surface area contributed by atoms with Gasteiger partial charge in [0.05, 0.1) is 27.6 Å². The lowest BCUT2D eigenvalue weighted by Crippen LogP contribution is -2.12. The molecule has 5 heterocycles. The van der Waals surface area contributed by atoms with E-state index < -0.39 is 0 Å². The molecular weight excluding hydrogens is 657 g/mol. The molecule has 5 aromatic heterocycles. The summed E-state index contributed by atoms with van der Waals surface area (Å²) in [5.74, 6) is 2.42. The highest BCUT2D eigenvalue weighted by Gasteiger charge is 2.21. The van der Waals surface area contributed by atoms with E-state index in [1.54, 1.807) is 0 Å². The smallest absolute Gasteiger partial charge is 0.146 e. The van der Waals surface area contributed by atoms with Crippen LogP contribution >= 0.6 is 11.3 Å². The number of pyridine rings is 2. The number of thiophene rings is 1. The average molecular weight is 689 g/mol. The van der Waals surface area contributed by atoms with Gasteiger partial charge in [-0.3, -0.25) is 8.97 Å². The molecule has 0 radical (unpaired) electrons. The van der Waals surface area contributed by atoms with Crippen molar-refractivity contribution >= 4 is 91.7 Å². The molecule has 52 heavy (non-hydrogen) atoms. The molecule has 0 bridgehead atoms. The Hall–Kier alpha value is -6.24. The van der Waals surface area contributed by atoms with E-state index in [1.165, 1.54) is 42.0 Å². The molecule has 11 aromatic rings. The molecule has 0 unspecified atom stereocenters. The molecule has 0 fully saturated rings. The fourth-order valence-electron chi connectivity index (χ4n) is 8.09. The molecule has 0 aliphatic carbocycles. The number of benzene rings is 6. The molecule has 0 atom stereocenters. The van der Waals surface area contributed by atoms with Crippen LogP contribution < -0.4 is 4.74 Å². The second-order valence-electron chi connectivity index (χ2n) is 14.7. The molecule has 0 aliphatic heterocycles. The van der Waals surface area contributed by atoms with E-state index in [-0.39, 0.29) is 5.41 Å². The van der Waals surface area contributed by atoms with Crippen LogP contribution in [0.2, 0.25) is 0 Å². The van der Waals surface area contributed by atoms with Crippen LogP contribution in [0.3, 0.4) is 0 Å². The number of rotatable bonds is 3. The summed E-state index contributed by atoms with van der Waals surface area (Å²) in [6.07, 6.45) is 1.92. The van der Waals surface area contributed by atoms with Crippen LogP contribution in [0.5, 0.6) is 11.5 Å². The van der Waals surface area contributed by atoms with Gasteiger partial charge in [-0.25, -0.2) is 9.97 Å². The predicted molar refractivity (Wildman–Crippen MR) is 218 cm³/mol. The monoisotopic (exact) mass is 688 g/mol. The highest BCUT2D eigenvalue weighted by Crippen LogP contribution is 2.43. The number of hydrogen-bond donors (Lipinski definition) is 0. The quantitative estimate of drug-likeness (QED) is 0.174. The van der Waals surface area contributed by atoms with Crippen molar-refractivity contribution in [3.05, 3.63) is 145 Å². The van der Waals surface area contributed by atoms with E-state index in [0.29, 0.717) is 0 Å². The third-order valence-electron chi connectivity index (χ3n) is 10.5. The van der Waals surface area contributed by atoms with Gasteiger partial charge in [0.2, 0.25) is 0 Å². The molecule has 0 saturated heterocycles. The Labute approximate surface area is 303 Å². The first kappa shape index (κ1) is 29.5. The molecule has 0 saturated carbocycles. The van der Waals surface area contributed by atoms with Crippen LogP contribution in [0, 0.1) is 0 Å². The second-order valence-corrected chi connectivity index (χ2v) is 15.8. The molecule has 6 aromatic carbocycles. The van der Waals surface area contributed by atoms with E-state index in [0.717, 1.165) is 61.2 Å². The molecule has 248 valence electrons. The van der Waals surface area contributed by atoms with Crippen molar-refractivity contribution in [1.29, 1.82) is 0 Å².